The molecular formula is C26H28N4O3. The van der Waals surface area contributed by atoms with Gasteiger partial charge in [-0.1, -0.05) is 25.5 Å². The van der Waals surface area contributed by atoms with E-state index in [9.17, 15) is 9.90 Å². The molecular weight excluding hydrogens is 416 g/mol. The van der Waals surface area contributed by atoms with Gasteiger partial charge in [-0.2, -0.15) is 0 Å². The highest BCUT2D eigenvalue weighted by molar-refractivity contribution is 6.07. The molecule has 4 rings (SSSR count). The van der Waals surface area contributed by atoms with Crippen molar-refractivity contribution in [3.05, 3.63) is 59.3 Å². The topological polar surface area (TPSA) is 89.1 Å². The number of carbonyl (C=O) groups is 1. The molecule has 0 unspecified atom stereocenters. The summed E-state index contributed by atoms with van der Waals surface area (Å²) in [4.78, 5) is 17.6. The molecule has 1 amide bonds. The quantitative estimate of drug-likeness (QED) is 0.344. The Morgan fingerprint density at radius 1 is 1.12 bits per heavy atom. The number of fused-ring (bicyclic) bond motifs is 2. The van der Waals surface area contributed by atoms with Crippen LogP contribution in [0.1, 0.15) is 41.9 Å². The number of hydrogen-bond donors (Lipinski definition) is 1. The zero-order valence-electron chi connectivity index (χ0n) is 19.6. The molecule has 0 atom stereocenters. The van der Waals surface area contributed by atoms with Crippen LogP contribution in [0, 0.1) is 19.8 Å². The summed E-state index contributed by atoms with van der Waals surface area (Å²) in [5, 5.41) is 20.6. The normalized spacial score (nSPS) is 11.8. The van der Waals surface area contributed by atoms with Crippen LogP contribution in [0.3, 0.4) is 0 Å². The summed E-state index contributed by atoms with van der Waals surface area (Å²) in [5.41, 5.74) is 3.98. The minimum Gasteiger partial charge on any atom is -0.497 e. The van der Waals surface area contributed by atoms with Crippen LogP contribution in [0.15, 0.2) is 52.7 Å². The molecule has 2 aromatic heterocycles. The van der Waals surface area contributed by atoms with Gasteiger partial charge in [0.05, 0.1) is 23.7 Å². The fourth-order valence-electron chi connectivity index (χ4n) is 3.94. The third kappa shape index (κ3) is 4.44. The predicted octanol–water partition coefficient (Wildman–Crippen LogP) is 6.49. The molecule has 0 aliphatic rings. The molecule has 170 valence electrons. The lowest BCUT2D eigenvalue weighted by molar-refractivity contribution is 0.0996. The minimum absolute atomic E-state index is 0.0187. The first-order valence-electron chi connectivity index (χ1n) is 11.0. The number of benzene rings is 2. The lowest BCUT2D eigenvalue weighted by Gasteiger charge is -2.09. The van der Waals surface area contributed by atoms with Gasteiger partial charge in [-0.25, -0.2) is 0 Å². The van der Waals surface area contributed by atoms with Gasteiger partial charge in [0.25, 0.3) is 5.91 Å². The number of aryl methyl sites for hydroxylation is 3. The van der Waals surface area contributed by atoms with Crippen LogP contribution in [0.2, 0.25) is 0 Å². The van der Waals surface area contributed by atoms with Crippen molar-refractivity contribution in [2.24, 2.45) is 16.1 Å². The molecule has 7 nitrogen and oxygen atoms in total. The molecule has 33 heavy (non-hydrogen) atoms. The summed E-state index contributed by atoms with van der Waals surface area (Å²) in [6, 6.07) is 13.0. The highest BCUT2D eigenvalue weighted by Gasteiger charge is 2.18. The average molecular weight is 445 g/mol. The molecule has 2 heterocycles. The monoisotopic (exact) mass is 444 g/mol. The predicted molar refractivity (Wildman–Crippen MR) is 130 cm³/mol. The molecule has 1 N–H and O–H groups in total. The Labute approximate surface area is 192 Å². The van der Waals surface area contributed by atoms with E-state index < -0.39 is 5.91 Å². The first-order chi connectivity index (χ1) is 15.8. The van der Waals surface area contributed by atoms with Gasteiger partial charge in [0.15, 0.2) is 5.69 Å². The van der Waals surface area contributed by atoms with Crippen LogP contribution < -0.4 is 4.74 Å². The Hall–Kier alpha value is -3.74. The number of hydrogen-bond acceptors (Lipinski definition) is 5. The van der Waals surface area contributed by atoms with Crippen LogP contribution >= 0.6 is 0 Å². The maximum atomic E-state index is 13.1. The maximum absolute atomic E-state index is 13.1. The highest BCUT2D eigenvalue weighted by Crippen LogP contribution is 2.40. The first-order valence-corrected chi connectivity index (χ1v) is 11.0. The van der Waals surface area contributed by atoms with Crippen molar-refractivity contribution < 1.29 is 14.6 Å². The number of carbonyl (C=O) groups excluding carboxylic acids is 1. The van der Waals surface area contributed by atoms with Crippen LogP contribution in [0.4, 0.5) is 5.69 Å². The SMILES string of the molecule is COc1ccc2nc(C)cc(C(=O)N=Nc3c(O)n(CCC(C)C)c4ccc(C)cc34)c2c1. The number of rotatable bonds is 6. The Morgan fingerprint density at radius 2 is 1.91 bits per heavy atom. The zero-order valence-corrected chi connectivity index (χ0v) is 19.6. The average Bonchev–Trinajstić information content (AvgIpc) is 3.04. The molecule has 0 aliphatic carbocycles. The number of ether oxygens (including phenoxy) is 1. The van der Waals surface area contributed by atoms with Gasteiger partial charge in [-0.3, -0.25) is 9.78 Å². The number of aromatic nitrogens is 2. The van der Waals surface area contributed by atoms with E-state index in [1.165, 1.54) is 0 Å². The number of aromatic hydroxyl groups is 1. The van der Waals surface area contributed by atoms with Crippen molar-refractivity contribution in [3.8, 4) is 11.6 Å². The largest absolute Gasteiger partial charge is 0.497 e. The van der Waals surface area contributed by atoms with Gasteiger partial charge in [0.2, 0.25) is 5.88 Å². The van der Waals surface area contributed by atoms with Crippen molar-refractivity contribution in [1.29, 1.82) is 0 Å². The number of azo groups is 1. The van der Waals surface area contributed by atoms with Crippen molar-refractivity contribution in [2.75, 3.05) is 7.11 Å². The number of methoxy groups -OCH3 is 1. The lowest BCUT2D eigenvalue weighted by Crippen LogP contribution is -2.00. The molecule has 2 aromatic carbocycles. The fourth-order valence-corrected chi connectivity index (χ4v) is 3.94. The maximum Gasteiger partial charge on any atom is 0.296 e. The summed E-state index contributed by atoms with van der Waals surface area (Å²) in [6.07, 6.45) is 0.908. The first kappa shape index (κ1) is 22.5. The lowest BCUT2D eigenvalue weighted by atomic mass is 10.1. The van der Waals surface area contributed by atoms with Crippen LogP contribution in [-0.2, 0) is 6.54 Å². The summed E-state index contributed by atoms with van der Waals surface area (Å²) >= 11 is 0. The van der Waals surface area contributed by atoms with E-state index in [1.54, 1.807) is 25.3 Å². The molecule has 7 heteroatoms. The summed E-state index contributed by atoms with van der Waals surface area (Å²) < 4.78 is 7.14. The molecule has 0 radical (unpaired) electrons. The van der Waals surface area contributed by atoms with Gasteiger partial charge in [0.1, 0.15) is 5.75 Å². The Balaban J connectivity index is 1.78. The number of pyridine rings is 1. The van der Waals surface area contributed by atoms with E-state index in [1.807, 2.05) is 42.7 Å². The third-order valence-corrected chi connectivity index (χ3v) is 5.71. The standard InChI is InChI=1S/C26H28N4O3/c1-15(2)10-11-30-23-9-6-16(3)12-21(23)24(26(30)32)28-29-25(31)20-13-17(4)27-22-8-7-18(33-5)14-19(20)22/h6-9,12-15,32H,10-11H2,1-5H3. The summed E-state index contributed by atoms with van der Waals surface area (Å²) in [7, 11) is 1.57. The van der Waals surface area contributed by atoms with Gasteiger partial charge in [0, 0.05) is 23.0 Å². The summed E-state index contributed by atoms with van der Waals surface area (Å²) in [5.74, 6) is 0.624. The molecule has 0 fully saturated rings. The second-order valence-corrected chi connectivity index (χ2v) is 8.73. The van der Waals surface area contributed by atoms with Gasteiger partial charge < -0.3 is 14.4 Å². The molecule has 0 bridgehead atoms. The Morgan fingerprint density at radius 3 is 2.64 bits per heavy atom. The van der Waals surface area contributed by atoms with Crippen LogP contribution in [-0.4, -0.2) is 27.7 Å². The van der Waals surface area contributed by atoms with Gasteiger partial charge >= 0.3 is 0 Å². The highest BCUT2D eigenvalue weighted by atomic mass is 16.5. The molecule has 0 spiro atoms. The van der Waals surface area contributed by atoms with E-state index in [2.05, 4.69) is 29.1 Å². The molecule has 0 saturated heterocycles. The second-order valence-electron chi connectivity index (χ2n) is 8.73. The van der Waals surface area contributed by atoms with Crippen LogP contribution in [0.25, 0.3) is 21.8 Å². The Kier molecular flexibility index (Phi) is 6.14. The summed E-state index contributed by atoms with van der Waals surface area (Å²) in [6.45, 7) is 8.74. The van der Waals surface area contributed by atoms with Crippen molar-refractivity contribution >= 4 is 33.4 Å². The van der Waals surface area contributed by atoms with E-state index in [4.69, 9.17) is 4.74 Å². The number of amides is 1. The van der Waals surface area contributed by atoms with Crippen molar-refractivity contribution in [3.63, 3.8) is 0 Å². The molecule has 0 saturated carbocycles. The molecule has 4 aromatic rings. The van der Waals surface area contributed by atoms with Crippen molar-refractivity contribution in [2.45, 2.75) is 40.7 Å². The Bertz CT molecular complexity index is 1390. The van der Waals surface area contributed by atoms with Gasteiger partial charge in [-0.15, -0.1) is 10.2 Å². The molecule has 0 aliphatic heterocycles. The number of nitrogens with zero attached hydrogens (tertiary/aromatic N) is 4. The van der Waals surface area contributed by atoms with E-state index >= 15 is 0 Å². The second kappa shape index (κ2) is 9.02. The van der Waals surface area contributed by atoms with E-state index in [-0.39, 0.29) is 5.88 Å². The van der Waals surface area contributed by atoms with Gasteiger partial charge in [-0.05, 0) is 62.6 Å². The van der Waals surface area contributed by atoms with Crippen molar-refractivity contribution in [1.82, 2.24) is 9.55 Å². The third-order valence-electron chi connectivity index (χ3n) is 5.71. The van der Waals surface area contributed by atoms with Crippen LogP contribution in [0.5, 0.6) is 11.6 Å². The van der Waals surface area contributed by atoms with E-state index in [0.717, 1.165) is 22.9 Å². The smallest absolute Gasteiger partial charge is 0.296 e. The minimum atomic E-state index is -0.506. The fraction of sp³-hybridized carbons (Fsp3) is 0.308. The van der Waals surface area contributed by atoms with E-state index in [0.29, 0.717) is 46.1 Å². The zero-order chi connectivity index (χ0) is 23.7.